The van der Waals surface area contributed by atoms with Crippen LogP contribution in [0.25, 0.3) is 0 Å². The maximum absolute atomic E-state index is 14.0. The summed E-state index contributed by atoms with van der Waals surface area (Å²) < 4.78 is 11.9. The lowest BCUT2D eigenvalue weighted by molar-refractivity contribution is -0.146. The van der Waals surface area contributed by atoms with Crippen LogP contribution in [-0.4, -0.2) is 62.1 Å². The summed E-state index contributed by atoms with van der Waals surface area (Å²) in [5, 5.41) is 3.25. The van der Waals surface area contributed by atoms with Crippen molar-refractivity contribution in [1.82, 2.24) is 10.2 Å². The first-order valence-electron chi connectivity index (χ1n) is 30.6. The van der Waals surface area contributed by atoms with E-state index in [0.717, 1.165) is 83.7 Å². The van der Waals surface area contributed by atoms with Crippen LogP contribution in [0.3, 0.4) is 0 Å². The van der Waals surface area contributed by atoms with Gasteiger partial charge in [0.15, 0.2) is 0 Å². The fourth-order valence-electron chi connectivity index (χ4n) is 10.1. The first-order valence-corrected chi connectivity index (χ1v) is 30.6. The Hall–Kier alpha value is -1.63. The van der Waals surface area contributed by atoms with Crippen LogP contribution in [0.5, 0.6) is 0 Å². The van der Waals surface area contributed by atoms with E-state index in [1.165, 1.54) is 199 Å². The SMILES string of the molecule is CCCCCCCCCCN(C(=O)CCCCNC)C(CCCCCC(=O)OCC(CCCCCC)CCCCCCCC)CCCCCC(=O)OCC(CCCCCC)CCCCCCCC. The van der Waals surface area contributed by atoms with Crippen LogP contribution < -0.4 is 5.32 Å². The lowest BCUT2D eigenvalue weighted by Crippen LogP contribution is -2.41. The molecule has 0 aromatic rings. The fourth-order valence-corrected chi connectivity index (χ4v) is 10.1. The van der Waals surface area contributed by atoms with Crippen LogP contribution >= 0.6 is 0 Å². The van der Waals surface area contributed by atoms with Crippen LogP contribution in [0, 0.1) is 11.8 Å². The van der Waals surface area contributed by atoms with Gasteiger partial charge in [-0.25, -0.2) is 0 Å². The predicted molar refractivity (Wildman–Crippen MR) is 294 cm³/mol. The minimum Gasteiger partial charge on any atom is -0.465 e. The average Bonchev–Trinajstić information content (AvgIpc) is 3.34. The number of nitrogens with zero attached hydrogens (tertiary/aromatic N) is 1. The van der Waals surface area contributed by atoms with Crippen molar-refractivity contribution in [2.45, 2.75) is 330 Å². The third-order valence-electron chi connectivity index (χ3n) is 14.7. The smallest absolute Gasteiger partial charge is 0.305 e. The Kier molecular flexibility index (Phi) is 51.9. The van der Waals surface area contributed by atoms with E-state index in [-0.39, 0.29) is 18.0 Å². The Morgan fingerprint density at radius 3 is 1.06 bits per heavy atom. The summed E-state index contributed by atoms with van der Waals surface area (Å²) in [5.74, 6) is 1.24. The van der Waals surface area contributed by atoms with Gasteiger partial charge in [0.25, 0.3) is 0 Å². The molecule has 0 heterocycles. The maximum Gasteiger partial charge on any atom is 0.305 e. The van der Waals surface area contributed by atoms with Crippen molar-refractivity contribution in [3.05, 3.63) is 0 Å². The molecule has 2 atom stereocenters. The second-order valence-corrected chi connectivity index (χ2v) is 21.4. The van der Waals surface area contributed by atoms with Gasteiger partial charge in [-0.15, -0.1) is 0 Å². The highest BCUT2D eigenvalue weighted by Crippen LogP contribution is 2.24. The van der Waals surface area contributed by atoms with Crippen molar-refractivity contribution >= 4 is 17.8 Å². The van der Waals surface area contributed by atoms with Crippen molar-refractivity contribution < 1.29 is 23.9 Å². The molecule has 0 saturated carbocycles. The predicted octanol–water partition coefficient (Wildman–Crippen LogP) is 18.4. The number of nitrogens with one attached hydrogen (secondary N) is 1. The number of ether oxygens (including phenoxy) is 2. The van der Waals surface area contributed by atoms with Crippen LogP contribution in [0.4, 0.5) is 0 Å². The summed E-state index contributed by atoms with van der Waals surface area (Å²) in [4.78, 5) is 42.3. The standard InChI is InChI=1S/C61H120N2O5/c1-7-12-17-22-25-26-29-42-53-63(59(64)49-40-41-52-62-6)58(47-36-30-38-50-60(65)67-54-56(43-32-20-15-10-4)45-34-27-23-18-13-8-2)48-37-31-39-51-61(66)68-55-57(44-33-21-16-11-5)46-35-28-24-19-14-9-3/h56-58,62H,7-55H2,1-6H3. The minimum absolute atomic E-state index is 0.0325. The molecule has 0 spiro atoms. The number of carbonyl (C=O) groups is 3. The summed E-state index contributed by atoms with van der Waals surface area (Å²) in [6, 6.07) is 0.209. The molecular formula is C61H120N2O5. The first kappa shape index (κ1) is 66.4. The largest absolute Gasteiger partial charge is 0.465 e. The molecule has 0 aromatic carbocycles. The van der Waals surface area contributed by atoms with Gasteiger partial charge in [0.1, 0.15) is 0 Å². The fraction of sp³-hybridized carbons (Fsp3) is 0.951. The van der Waals surface area contributed by atoms with Crippen LogP contribution in [-0.2, 0) is 23.9 Å². The third kappa shape index (κ3) is 44.3. The minimum atomic E-state index is -0.0325. The van der Waals surface area contributed by atoms with E-state index < -0.39 is 0 Å². The Labute approximate surface area is 425 Å². The Bertz CT molecular complexity index is 1010. The summed E-state index contributed by atoms with van der Waals surface area (Å²) in [6.45, 7) is 14.3. The van der Waals surface area contributed by atoms with Gasteiger partial charge in [0, 0.05) is 31.8 Å². The number of rotatable bonds is 55. The van der Waals surface area contributed by atoms with Gasteiger partial charge in [-0.05, 0) is 96.1 Å². The summed E-state index contributed by atoms with van der Waals surface area (Å²) in [6.07, 6.45) is 51.8. The summed E-state index contributed by atoms with van der Waals surface area (Å²) in [5.41, 5.74) is 0. The molecule has 2 unspecified atom stereocenters. The van der Waals surface area contributed by atoms with Crippen LogP contribution in [0.15, 0.2) is 0 Å². The Balaban J connectivity index is 5.41. The van der Waals surface area contributed by atoms with E-state index in [9.17, 15) is 14.4 Å². The van der Waals surface area contributed by atoms with Gasteiger partial charge < -0.3 is 19.7 Å². The van der Waals surface area contributed by atoms with Gasteiger partial charge in [0.05, 0.1) is 13.2 Å². The summed E-state index contributed by atoms with van der Waals surface area (Å²) in [7, 11) is 1.99. The zero-order chi connectivity index (χ0) is 49.8. The van der Waals surface area contributed by atoms with E-state index in [1.807, 2.05) is 7.05 Å². The van der Waals surface area contributed by atoms with Gasteiger partial charge >= 0.3 is 11.9 Å². The normalized spacial score (nSPS) is 12.9. The molecule has 0 aliphatic heterocycles. The highest BCUT2D eigenvalue weighted by atomic mass is 16.5. The third-order valence-corrected chi connectivity index (χ3v) is 14.7. The van der Waals surface area contributed by atoms with Gasteiger partial charge in [-0.1, -0.05) is 234 Å². The molecule has 0 aromatic heterocycles. The molecule has 7 heteroatoms. The second-order valence-electron chi connectivity index (χ2n) is 21.4. The molecule has 1 N–H and O–H groups in total. The van der Waals surface area contributed by atoms with Gasteiger partial charge in [0.2, 0.25) is 5.91 Å². The van der Waals surface area contributed by atoms with Gasteiger partial charge in [-0.3, -0.25) is 14.4 Å². The zero-order valence-electron chi connectivity index (χ0n) is 46.9. The molecular weight excluding hydrogens is 841 g/mol. The second kappa shape index (κ2) is 53.2. The van der Waals surface area contributed by atoms with Crippen molar-refractivity contribution in [3.8, 4) is 0 Å². The van der Waals surface area contributed by atoms with E-state index in [0.29, 0.717) is 50.2 Å². The number of amides is 1. The van der Waals surface area contributed by atoms with E-state index in [4.69, 9.17) is 9.47 Å². The average molecular weight is 962 g/mol. The number of carbonyl (C=O) groups excluding carboxylic acids is 3. The Morgan fingerprint density at radius 2 is 0.676 bits per heavy atom. The van der Waals surface area contributed by atoms with Crippen LogP contribution in [0.1, 0.15) is 324 Å². The lowest BCUT2D eigenvalue weighted by Gasteiger charge is -2.33. The number of hydrogen-bond donors (Lipinski definition) is 1. The van der Waals surface area contributed by atoms with Crippen LogP contribution in [0.2, 0.25) is 0 Å². The van der Waals surface area contributed by atoms with Crippen molar-refractivity contribution in [3.63, 3.8) is 0 Å². The molecule has 0 rings (SSSR count). The monoisotopic (exact) mass is 961 g/mol. The molecule has 0 aliphatic rings. The molecule has 0 saturated heterocycles. The molecule has 0 aliphatic carbocycles. The maximum atomic E-state index is 14.0. The Morgan fingerprint density at radius 1 is 0.368 bits per heavy atom. The molecule has 0 radical (unpaired) electrons. The molecule has 404 valence electrons. The summed E-state index contributed by atoms with van der Waals surface area (Å²) >= 11 is 0. The highest BCUT2D eigenvalue weighted by Gasteiger charge is 2.23. The molecule has 0 fully saturated rings. The van der Waals surface area contributed by atoms with Gasteiger partial charge in [-0.2, -0.15) is 0 Å². The lowest BCUT2D eigenvalue weighted by atomic mass is 9.95. The highest BCUT2D eigenvalue weighted by molar-refractivity contribution is 5.76. The number of esters is 2. The molecule has 0 bridgehead atoms. The van der Waals surface area contributed by atoms with Crippen molar-refractivity contribution in [2.24, 2.45) is 11.8 Å². The first-order chi connectivity index (χ1) is 33.4. The number of hydrogen-bond acceptors (Lipinski definition) is 6. The van der Waals surface area contributed by atoms with E-state index in [1.54, 1.807) is 0 Å². The number of unbranched alkanes of at least 4 members (excludes halogenated alkanes) is 28. The van der Waals surface area contributed by atoms with E-state index >= 15 is 0 Å². The molecule has 7 nitrogen and oxygen atoms in total. The molecule has 1 amide bonds. The topological polar surface area (TPSA) is 84.9 Å². The van der Waals surface area contributed by atoms with E-state index in [2.05, 4.69) is 44.8 Å². The van der Waals surface area contributed by atoms with Crippen molar-refractivity contribution in [2.75, 3.05) is 33.4 Å². The molecule has 68 heavy (non-hydrogen) atoms. The quantitative estimate of drug-likeness (QED) is 0.0483. The zero-order valence-corrected chi connectivity index (χ0v) is 46.9. The van der Waals surface area contributed by atoms with Crippen molar-refractivity contribution in [1.29, 1.82) is 0 Å².